The third-order valence-corrected chi connectivity index (χ3v) is 4.73. The largest absolute Gasteiger partial charge is 0.508 e. The number of nitrogens with zero attached hydrogens (tertiary/aromatic N) is 3. The van der Waals surface area contributed by atoms with E-state index in [1.807, 2.05) is 55.0 Å². The first-order valence-electron chi connectivity index (χ1n) is 7.86. The smallest absolute Gasteiger partial charge is 0.266 e. The molecule has 0 saturated carbocycles. The topological polar surface area (TPSA) is 57.8 Å². The summed E-state index contributed by atoms with van der Waals surface area (Å²) in [5.74, 6) is 0.222. The summed E-state index contributed by atoms with van der Waals surface area (Å²) in [7, 11) is 0. The van der Waals surface area contributed by atoms with E-state index in [1.54, 1.807) is 17.0 Å². The van der Waals surface area contributed by atoms with E-state index in [0.29, 0.717) is 18.0 Å². The number of amides is 1. The highest BCUT2D eigenvalue weighted by Crippen LogP contribution is 2.32. The lowest BCUT2D eigenvalue weighted by Gasteiger charge is -2.11. The van der Waals surface area contributed by atoms with E-state index in [2.05, 4.69) is 4.99 Å². The summed E-state index contributed by atoms with van der Waals surface area (Å²) >= 11 is 1.41. The van der Waals surface area contributed by atoms with Gasteiger partial charge in [-0.3, -0.25) is 14.7 Å². The van der Waals surface area contributed by atoms with Crippen molar-refractivity contribution in [3.63, 3.8) is 0 Å². The minimum Gasteiger partial charge on any atom is -0.508 e. The van der Waals surface area contributed by atoms with E-state index in [-0.39, 0.29) is 11.7 Å². The fourth-order valence-corrected chi connectivity index (χ4v) is 3.62. The maximum absolute atomic E-state index is 12.6. The van der Waals surface area contributed by atoms with Crippen LogP contribution in [-0.4, -0.2) is 38.7 Å². The predicted molar refractivity (Wildman–Crippen MR) is 98.4 cm³/mol. The minimum atomic E-state index is -0.00634. The highest BCUT2D eigenvalue weighted by molar-refractivity contribution is 8.18. The summed E-state index contributed by atoms with van der Waals surface area (Å²) in [5, 5.41) is 10.2. The molecule has 2 aromatic rings. The number of hydrogen-bond acceptors (Lipinski definition) is 4. The van der Waals surface area contributed by atoms with Crippen LogP contribution in [0, 0.1) is 0 Å². The van der Waals surface area contributed by atoms with Crippen LogP contribution in [0.15, 0.2) is 52.5 Å². The first-order valence-corrected chi connectivity index (χ1v) is 8.68. The molecule has 1 aromatic heterocycles. The van der Waals surface area contributed by atoms with E-state index in [1.165, 1.54) is 11.8 Å². The van der Waals surface area contributed by atoms with Crippen LogP contribution in [0.3, 0.4) is 0 Å². The van der Waals surface area contributed by atoms with E-state index >= 15 is 0 Å². The summed E-state index contributed by atoms with van der Waals surface area (Å²) in [6.07, 6.45) is 3.82. The number of amidine groups is 1. The Hall–Kier alpha value is -2.47. The molecule has 24 heavy (non-hydrogen) atoms. The van der Waals surface area contributed by atoms with E-state index in [4.69, 9.17) is 0 Å². The van der Waals surface area contributed by atoms with Crippen LogP contribution in [0.25, 0.3) is 11.8 Å². The van der Waals surface area contributed by atoms with Crippen molar-refractivity contribution in [3.8, 4) is 11.4 Å². The molecule has 0 unspecified atom stereocenters. The SMILES string of the molecule is CCN=C1S/C(=C\c2cccn2-c2ccc(O)cc2)C(=O)N1CC. The van der Waals surface area contributed by atoms with Gasteiger partial charge < -0.3 is 9.67 Å². The van der Waals surface area contributed by atoms with Gasteiger partial charge in [0.05, 0.1) is 4.91 Å². The number of likely N-dealkylation sites (N-methyl/N-ethyl adjacent to an activating group) is 1. The number of carbonyl (C=O) groups excluding carboxylic acids is 1. The van der Waals surface area contributed by atoms with Crippen molar-refractivity contribution in [1.82, 2.24) is 9.47 Å². The highest BCUT2D eigenvalue weighted by Gasteiger charge is 2.32. The number of carbonyl (C=O) groups is 1. The van der Waals surface area contributed by atoms with Crippen molar-refractivity contribution >= 4 is 28.9 Å². The number of hydrogen-bond donors (Lipinski definition) is 1. The second kappa shape index (κ2) is 6.97. The quantitative estimate of drug-likeness (QED) is 0.866. The molecular formula is C18H19N3O2S. The van der Waals surface area contributed by atoms with Gasteiger partial charge in [-0.2, -0.15) is 0 Å². The maximum atomic E-state index is 12.6. The van der Waals surface area contributed by atoms with Crippen molar-refractivity contribution in [2.24, 2.45) is 4.99 Å². The molecule has 1 fully saturated rings. The summed E-state index contributed by atoms with van der Waals surface area (Å²) in [4.78, 5) is 19.3. The molecule has 0 spiro atoms. The Kier molecular flexibility index (Phi) is 4.76. The van der Waals surface area contributed by atoms with Gasteiger partial charge in [0, 0.05) is 30.7 Å². The Bertz CT molecular complexity index is 806. The average Bonchev–Trinajstić information content (AvgIpc) is 3.14. The lowest BCUT2D eigenvalue weighted by Crippen LogP contribution is -2.28. The molecule has 0 bridgehead atoms. The maximum Gasteiger partial charge on any atom is 0.266 e. The van der Waals surface area contributed by atoms with Crippen LogP contribution in [0.2, 0.25) is 0 Å². The van der Waals surface area contributed by atoms with Gasteiger partial charge in [-0.15, -0.1) is 0 Å². The molecule has 1 aromatic carbocycles. The van der Waals surface area contributed by atoms with Gasteiger partial charge in [0.1, 0.15) is 5.75 Å². The third kappa shape index (κ3) is 3.10. The second-order valence-electron chi connectivity index (χ2n) is 5.24. The molecule has 0 radical (unpaired) electrons. The van der Waals surface area contributed by atoms with Gasteiger partial charge in [0.2, 0.25) is 0 Å². The predicted octanol–water partition coefficient (Wildman–Crippen LogP) is 3.50. The fraction of sp³-hybridized carbons (Fsp3) is 0.222. The van der Waals surface area contributed by atoms with Gasteiger partial charge in [0.15, 0.2) is 5.17 Å². The molecule has 0 atom stereocenters. The number of aliphatic imine (C=N–C) groups is 1. The van der Waals surface area contributed by atoms with Gasteiger partial charge >= 0.3 is 0 Å². The molecule has 1 N–H and O–H groups in total. The molecule has 0 aliphatic carbocycles. The van der Waals surface area contributed by atoms with Gasteiger partial charge in [-0.05, 0) is 68.1 Å². The molecule has 2 heterocycles. The number of aromatic nitrogens is 1. The van der Waals surface area contributed by atoms with Crippen LogP contribution in [0.4, 0.5) is 0 Å². The standard InChI is InChI=1S/C18H19N3O2S/c1-3-19-18-20(4-2)17(23)16(24-18)12-14-6-5-11-21(14)13-7-9-15(22)10-8-13/h5-12,22H,3-4H2,1-2H3/b16-12-,19-18?. The molecule has 1 aliphatic rings. The van der Waals surface area contributed by atoms with Crippen LogP contribution in [0.1, 0.15) is 19.5 Å². The zero-order chi connectivity index (χ0) is 17.1. The van der Waals surface area contributed by atoms with Crippen LogP contribution < -0.4 is 0 Å². The zero-order valence-corrected chi connectivity index (χ0v) is 14.5. The number of aromatic hydroxyl groups is 1. The molecule has 6 heteroatoms. The van der Waals surface area contributed by atoms with Crippen molar-refractivity contribution < 1.29 is 9.90 Å². The number of phenols is 1. The van der Waals surface area contributed by atoms with Crippen molar-refractivity contribution in [3.05, 3.63) is 53.2 Å². The van der Waals surface area contributed by atoms with E-state index in [9.17, 15) is 9.90 Å². The number of rotatable bonds is 4. The van der Waals surface area contributed by atoms with Gasteiger partial charge in [-0.25, -0.2) is 0 Å². The Balaban J connectivity index is 1.96. The molecule has 124 valence electrons. The fourth-order valence-electron chi connectivity index (χ4n) is 2.53. The van der Waals surface area contributed by atoms with Crippen LogP contribution in [0.5, 0.6) is 5.75 Å². The summed E-state index contributed by atoms with van der Waals surface area (Å²) in [6.45, 7) is 5.18. The van der Waals surface area contributed by atoms with E-state index in [0.717, 1.165) is 16.5 Å². The molecule has 5 nitrogen and oxygen atoms in total. The Morgan fingerprint density at radius 3 is 2.62 bits per heavy atom. The first-order chi connectivity index (χ1) is 11.6. The Morgan fingerprint density at radius 1 is 1.21 bits per heavy atom. The average molecular weight is 341 g/mol. The molecule has 1 saturated heterocycles. The normalized spacial score (nSPS) is 18.1. The molecule has 1 aliphatic heterocycles. The summed E-state index contributed by atoms with van der Waals surface area (Å²) in [6, 6.07) is 10.9. The van der Waals surface area contributed by atoms with Gasteiger partial charge in [-0.1, -0.05) is 0 Å². The monoisotopic (exact) mass is 341 g/mol. The lowest BCUT2D eigenvalue weighted by molar-refractivity contribution is -0.122. The lowest BCUT2D eigenvalue weighted by atomic mass is 10.3. The second-order valence-corrected chi connectivity index (χ2v) is 6.25. The van der Waals surface area contributed by atoms with Crippen LogP contribution >= 0.6 is 11.8 Å². The minimum absolute atomic E-state index is 0.00634. The van der Waals surface area contributed by atoms with Crippen LogP contribution in [-0.2, 0) is 4.79 Å². The Morgan fingerprint density at radius 2 is 1.96 bits per heavy atom. The number of benzene rings is 1. The Labute approximate surface area is 145 Å². The first kappa shape index (κ1) is 16.4. The molecular weight excluding hydrogens is 322 g/mol. The van der Waals surface area contributed by atoms with Crippen molar-refractivity contribution in [1.29, 1.82) is 0 Å². The number of phenolic OH excluding ortho intramolecular Hbond substituents is 1. The van der Waals surface area contributed by atoms with Gasteiger partial charge in [0.25, 0.3) is 5.91 Å². The highest BCUT2D eigenvalue weighted by atomic mass is 32.2. The molecule has 1 amide bonds. The number of thioether (sulfide) groups is 1. The molecule has 3 rings (SSSR count). The summed E-state index contributed by atoms with van der Waals surface area (Å²) < 4.78 is 1.98. The van der Waals surface area contributed by atoms with Crippen molar-refractivity contribution in [2.45, 2.75) is 13.8 Å². The van der Waals surface area contributed by atoms with Crippen molar-refractivity contribution in [2.75, 3.05) is 13.1 Å². The van der Waals surface area contributed by atoms with E-state index < -0.39 is 0 Å². The zero-order valence-electron chi connectivity index (χ0n) is 13.6. The summed E-state index contributed by atoms with van der Waals surface area (Å²) in [5.41, 5.74) is 1.83. The third-order valence-electron chi connectivity index (χ3n) is 3.68.